The average molecular weight is 368 g/mol. The highest BCUT2D eigenvalue weighted by Crippen LogP contribution is 2.36. The second kappa shape index (κ2) is 6.72. The van der Waals surface area contributed by atoms with Crippen LogP contribution in [0.15, 0.2) is 35.5 Å². The topological polar surface area (TPSA) is 81.8 Å². The van der Waals surface area contributed by atoms with Gasteiger partial charge in [0.15, 0.2) is 0 Å². The van der Waals surface area contributed by atoms with Crippen molar-refractivity contribution in [3.63, 3.8) is 0 Å². The van der Waals surface area contributed by atoms with E-state index in [4.69, 9.17) is 0 Å². The van der Waals surface area contributed by atoms with Gasteiger partial charge in [-0.25, -0.2) is 4.79 Å². The highest BCUT2D eigenvalue weighted by atomic mass is 16.2. The average Bonchev–Trinajstić information content (AvgIpc) is 3.39. The summed E-state index contributed by atoms with van der Waals surface area (Å²) < 4.78 is 0. The third-order valence-corrected chi connectivity index (χ3v) is 5.30. The number of amides is 4. The summed E-state index contributed by atoms with van der Waals surface area (Å²) in [5, 5.41) is 5.87. The maximum atomic E-state index is 13.1. The molecule has 0 unspecified atom stereocenters. The molecule has 1 aromatic rings. The fraction of sp³-hybridized carbons (Fsp3) is 0.450. The zero-order valence-electron chi connectivity index (χ0n) is 15.6. The van der Waals surface area contributed by atoms with Crippen molar-refractivity contribution in [2.45, 2.75) is 38.8 Å². The second-order valence-corrected chi connectivity index (χ2v) is 7.40. The summed E-state index contributed by atoms with van der Waals surface area (Å²) in [4.78, 5) is 41.0. The Hall–Kier alpha value is -2.83. The molecule has 0 bridgehead atoms. The van der Waals surface area contributed by atoms with E-state index in [2.05, 4.69) is 10.6 Å². The second-order valence-electron chi connectivity index (χ2n) is 7.40. The predicted octanol–water partition coefficient (Wildman–Crippen LogP) is 1.46. The number of carbonyl (C=O) groups excluding carboxylic acids is 3. The Balaban J connectivity index is 1.62. The monoisotopic (exact) mass is 368 g/mol. The third-order valence-electron chi connectivity index (χ3n) is 5.30. The van der Waals surface area contributed by atoms with E-state index < -0.39 is 6.04 Å². The van der Waals surface area contributed by atoms with Crippen LogP contribution in [-0.4, -0.2) is 53.3 Å². The number of rotatable bonds is 5. The Morgan fingerprint density at radius 3 is 2.56 bits per heavy atom. The van der Waals surface area contributed by atoms with E-state index in [1.54, 1.807) is 4.90 Å². The summed E-state index contributed by atoms with van der Waals surface area (Å²) in [6.07, 6.45) is 2.01. The summed E-state index contributed by atoms with van der Waals surface area (Å²) >= 11 is 0. The molecule has 2 N–H and O–H groups in total. The van der Waals surface area contributed by atoms with E-state index in [1.807, 2.05) is 38.1 Å². The smallest absolute Gasteiger partial charge is 0.322 e. The van der Waals surface area contributed by atoms with Crippen LogP contribution in [-0.2, 0) is 9.59 Å². The molecule has 0 saturated heterocycles. The van der Waals surface area contributed by atoms with Crippen LogP contribution in [0, 0.1) is 6.92 Å². The van der Waals surface area contributed by atoms with Crippen LogP contribution in [0.4, 0.5) is 4.79 Å². The first kappa shape index (κ1) is 17.6. The van der Waals surface area contributed by atoms with Gasteiger partial charge >= 0.3 is 6.03 Å². The van der Waals surface area contributed by atoms with E-state index in [1.165, 1.54) is 4.90 Å². The minimum absolute atomic E-state index is 0.0225. The number of aryl methyl sites for hydroxylation is 1. The summed E-state index contributed by atoms with van der Waals surface area (Å²) in [5.41, 5.74) is 3.26. The van der Waals surface area contributed by atoms with Gasteiger partial charge in [0, 0.05) is 12.6 Å². The van der Waals surface area contributed by atoms with Crippen molar-refractivity contribution in [2.24, 2.45) is 0 Å². The van der Waals surface area contributed by atoms with Gasteiger partial charge in [0.05, 0.1) is 23.9 Å². The highest BCUT2D eigenvalue weighted by Gasteiger charge is 2.44. The molecule has 0 radical (unpaired) electrons. The molecule has 1 saturated carbocycles. The van der Waals surface area contributed by atoms with Crippen molar-refractivity contribution in [3.05, 3.63) is 46.7 Å². The van der Waals surface area contributed by atoms with E-state index in [9.17, 15) is 14.4 Å². The normalized spacial score (nSPS) is 22.1. The number of hydrogen-bond donors (Lipinski definition) is 2. The van der Waals surface area contributed by atoms with Gasteiger partial charge in [-0.3, -0.25) is 14.5 Å². The summed E-state index contributed by atoms with van der Waals surface area (Å²) in [6.45, 7) is 4.66. The molecule has 4 amide bonds. The van der Waals surface area contributed by atoms with Gasteiger partial charge < -0.3 is 15.5 Å². The lowest BCUT2D eigenvalue weighted by Gasteiger charge is -2.32. The Labute approximate surface area is 158 Å². The zero-order valence-corrected chi connectivity index (χ0v) is 15.6. The van der Waals surface area contributed by atoms with Gasteiger partial charge in [0.25, 0.3) is 5.91 Å². The van der Waals surface area contributed by atoms with Crippen LogP contribution >= 0.6 is 0 Å². The Kier molecular flexibility index (Phi) is 4.37. The van der Waals surface area contributed by atoms with Crippen molar-refractivity contribution in [3.8, 4) is 0 Å². The third kappa shape index (κ3) is 3.29. The first-order valence-electron chi connectivity index (χ1n) is 9.44. The Bertz CT molecular complexity index is 826. The quantitative estimate of drug-likeness (QED) is 0.825. The van der Waals surface area contributed by atoms with Crippen LogP contribution in [0.1, 0.15) is 36.9 Å². The lowest BCUT2D eigenvalue weighted by Crippen LogP contribution is -2.47. The molecule has 0 spiro atoms. The van der Waals surface area contributed by atoms with Crippen molar-refractivity contribution < 1.29 is 14.4 Å². The van der Waals surface area contributed by atoms with Crippen LogP contribution in [0.5, 0.6) is 0 Å². The number of benzene rings is 1. The molecule has 1 atom stereocenters. The molecule has 27 heavy (non-hydrogen) atoms. The standard InChI is InChI=1S/C20H24N4O3/c1-3-24-15-10-23(11-16(25)21-14-8-9-14)19(26)17(15)18(22-20(24)27)13-6-4-12(2)5-7-13/h4-7,14,18H,3,8-11H2,1-2H3,(H,21,25)(H,22,27)/t18-/m0/s1. The lowest BCUT2D eigenvalue weighted by molar-refractivity contribution is -0.132. The molecule has 1 aromatic carbocycles. The molecule has 2 aliphatic heterocycles. The number of nitrogens with zero attached hydrogens (tertiary/aromatic N) is 2. The Morgan fingerprint density at radius 2 is 1.93 bits per heavy atom. The van der Waals surface area contributed by atoms with Crippen molar-refractivity contribution >= 4 is 17.8 Å². The van der Waals surface area contributed by atoms with Crippen LogP contribution in [0.3, 0.4) is 0 Å². The minimum atomic E-state index is -0.486. The fourth-order valence-corrected chi connectivity index (χ4v) is 3.69. The molecule has 4 rings (SSSR count). The number of likely N-dealkylation sites (N-methyl/N-ethyl adjacent to an activating group) is 1. The maximum Gasteiger partial charge on any atom is 0.322 e. The lowest BCUT2D eigenvalue weighted by atomic mass is 9.95. The molecule has 1 aliphatic carbocycles. The van der Waals surface area contributed by atoms with Crippen LogP contribution in [0.2, 0.25) is 0 Å². The van der Waals surface area contributed by atoms with Crippen LogP contribution < -0.4 is 10.6 Å². The van der Waals surface area contributed by atoms with Gasteiger partial charge in [0.1, 0.15) is 6.54 Å². The van der Waals surface area contributed by atoms with E-state index in [0.29, 0.717) is 17.8 Å². The van der Waals surface area contributed by atoms with Gasteiger partial charge in [-0.05, 0) is 32.3 Å². The predicted molar refractivity (Wildman–Crippen MR) is 99.6 cm³/mol. The first-order valence-corrected chi connectivity index (χ1v) is 9.44. The zero-order chi connectivity index (χ0) is 19.1. The van der Waals surface area contributed by atoms with Gasteiger partial charge in [-0.2, -0.15) is 0 Å². The van der Waals surface area contributed by atoms with E-state index in [0.717, 1.165) is 24.0 Å². The van der Waals surface area contributed by atoms with Crippen LogP contribution in [0.25, 0.3) is 0 Å². The highest BCUT2D eigenvalue weighted by molar-refractivity contribution is 6.03. The number of nitrogens with one attached hydrogen (secondary N) is 2. The summed E-state index contributed by atoms with van der Waals surface area (Å²) in [5.74, 6) is -0.320. The molecular weight excluding hydrogens is 344 g/mol. The minimum Gasteiger partial charge on any atom is -0.352 e. The molecule has 0 aromatic heterocycles. The van der Waals surface area contributed by atoms with Gasteiger partial charge in [0.2, 0.25) is 5.91 Å². The maximum absolute atomic E-state index is 13.1. The first-order chi connectivity index (χ1) is 13.0. The molecule has 142 valence electrons. The molecule has 2 heterocycles. The largest absolute Gasteiger partial charge is 0.352 e. The molecule has 7 nitrogen and oxygen atoms in total. The van der Waals surface area contributed by atoms with Crippen molar-refractivity contribution in [1.29, 1.82) is 0 Å². The number of hydrogen-bond acceptors (Lipinski definition) is 3. The van der Waals surface area contributed by atoms with Gasteiger partial charge in [-0.15, -0.1) is 0 Å². The van der Waals surface area contributed by atoms with E-state index >= 15 is 0 Å². The molecule has 3 aliphatic rings. The van der Waals surface area contributed by atoms with E-state index in [-0.39, 0.29) is 37.0 Å². The SMILES string of the molecule is CCN1C(=O)N[C@@H](c2ccc(C)cc2)C2=C1CN(CC(=O)NC1CC1)C2=O. The summed E-state index contributed by atoms with van der Waals surface area (Å²) in [7, 11) is 0. The molecule has 1 fully saturated rings. The molecular formula is C20H24N4O3. The fourth-order valence-electron chi connectivity index (χ4n) is 3.69. The van der Waals surface area contributed by atoms with Crippen molar-refractivity contribution in [1.82, 2.24) is 20.4 Å². The Morgan fingerprint density at radius 1 is 1.22 bits per heavy atom. The summed E-state index contributed by atoms with van der Waals surface area (Å²) in [6, 6.07) is 7.36. The molecule has 7 heteroatoms. The van der Waals surface area contributed by atoms with Gasteiger partial charge in [-0.1, -0.05) is 29.8 Å². The number of urea groups is 1. The van der Waals surface area contributed by atoms with Crippen molar-refractivity contribution in [2.75, 3.05) is 19.6 Å². The number of carbonyl (C=O) groups is 3.